The van der Waals surface area contributed by atoms with Crippen molar-refractivity contribution in [3.63, 3.8) is 0 Å². The monoisotopic (exact) mass is 301 g/mol. The zero-order valence-corrected chi connectivity index (χ0v) is 13.0. The lowest BCUT2D eigenvalue weighted by Gasteiger charge is -2.18. The van der Waals surface area contributed by atoms with Crippen molar-refractivity contribution in [3.8, 4) is 5.69 Å². The Morgan fingerprint density at radius 3 is 2.16 bits per heavy atom. The van der Waals surface area contributed by atoms with E-state index in [1.165, 1.54) is 5.56 Å². The van der Waals surface area contributed by atoms with Crippen molar-refractivity contribution in [2.45, 2.75) is 20.4 Å². The predicted molar refractivity (Wildman–Crippen MR) is 84.7 cm³/mol. The summed E-state index contributed by atoms with van der Waals surface area (Å²) in [6.07, 6.45) is 5.57. The lowest BCUT2D eigenvalue weighted by atomic mass is 10.2. The SMILES string of the molecule is CCN(CC)Cc1ccc(-n2ccnc2)cc1.Cl.Cl. The Morgan fingerprint density at radius 1 is 1.05 bits per heavy atom. The van der Waals surface area contributed by atoms with Gasteiger partial charge < -0.3 is 4.57 Å². The van der Waals surface area contributed by atoms with Crippen LogP contribution in [0, 0.1) is 0 Å². The van der Waals surface area contributed by atoms with E-state index < -0.39 is 0 Å². The lowest BCUT2D eigenvalue weighted by Crippen LogP contribution is -2.22. The van der Waals surface area contributed by atoms with E-state index in [-0.39, 0.29) is 24.8 Å². The summed E-state index contributed by atoms with van der Waals surface area (Å²) in [6.45, 7) is 7.61. The summed E-state index contributed by atoms with van der Waals surface area (Å²) in [7, 11) is 0. The van der Waals surface area contributed by atoms with Gasteiger partial charge in [-0.15, -0.1) is 24.8 Å². The summed E-state index contributed by atoms with van der Waals surface area (Å²) in [5.74, 6) is 0. The van der Waals surface area contributed by atoms with E-state index in [0.717, 1.165) is 25.3 Å². The van der Waals surface area contributed by atoms with Gasteiger partial charge in [-0.3, -0.25) is 4.90 Å². The molecular formula is C14H21Cl2N3. The molecule has 0 spiro atoms. The maximum absolute atomic E-state index is 4.05. The summed E-state index contributed by atoms with van der Waals surface area (Å²) >= 11 is 0. The van der Waals surface area contributed by atoms with E-state index in [1.807, 2.05) is 17.1 Å². The van der Waals surface area contributed by atoms with Crippen molar-refractivity contribution in [1.82, 2.24) is 14.5 Å². The standard InChI is InChI=1S/C14H19N3.2ClH/c1-3-16(4-2)11-13-5-7-14(8-6-13)17-10-9-15-12-17;;/h5-10,12H,3-4,11H2,1-2H3;2*1H. The van der Waals surface area contributed by atoms with Crippen molar-refractivity contribution in [2.24, 2.45) is 0 Å². The summed E-state index contributed by atoms with van der Waals surface area (Å²) in [4.78, 5) is 6.46. The number of imidazole rings is 1. The smallest absolute Gasteiger partial charge is 0.0991 e. The zero-order valence-electron chi connectivity index (χ0n) is 11.3. The topological polar surface area (TPSA) is 21.1 Å². The fourth-order valence-electron chi connectivity index (χ4n) is 1.89. The van der Waals surface area contributed by atoms with Crippen LogP contribution in [0.25, 0.3) is 5.69 Å². The molecule has 0 radical (unpaired) electrons. The number of hydrogen-bond acceptors (Lipinski definition) is 2. The van der Waals surface area contributed by atoms with E-state index in [4.69, 9.17) is 0 Å². The van der Waals surface area contributed by atoms with Crippen LogP contribution in [0.15, 0.2) is 43.0 Å². The third-order valence-electron chi connectivity index (χ3n) is 3.04. The van der Waals surface area contributed by atoms with Crippen molar-refractivity contribution >= 4 is 24.8 Å². The van der Waals surface area contributed by atoms with Crippen LogP contribution < -0.4 is 0 Å². The highest BCUT2D eigenvalue weighted by Crippen LogP contribution is 2.11. The number of halogens is 2. The van der Waals surface area contributed by atoms with Gasteiger partial charge in [0.15, 0.2) is 0 Å². The molecule has 0 unspecified atom stereocenters. The molecule has 1 aromatic heterocycles. The average Bonchev–Trinajstić information content (AvgIpc) is 2.90. The van der Waals surface area contributed by atoms with Crippen LogP contribution in [0.5, 0.6) is 0 Å². The fraction of sp³-hybridized carbons (Fsp3) is 0.357. The van der Waals surface area contributed by atoms with Gasteiger partial charge in [0.1, 0.15) is 0 Å². The Hall–Kier alpha value is -1.03. The van der Waals surface area contributed by atoms with Gasteiger partial charge in [0.05, 0.1) is 6.33 Å². The van der Waals surface area contributed by atoms with E-state index in [9.17, 15) is 0 Å². The first-order chi connectivity index (χ1) is 8.33. The normalized spacial score (nSPS) is 9.84. The Kier molecular flexibility index (Phi) is 8.48. The first-order valence-electron chi connectivity index (χ1n) is 6.13. The third-order valence-corrected chi connectivity index (χ3v) is 3.04. The van der Waals surface area contributed by atoms with Crippen LogP contribution in [0.3, 0.4) is 0 Å². The van der Waals surface area contributed by atoms with Crippen LogP contribution in [0.4, 0.5) is 0 Å². The van der Waals surface area contributed by atoms with Crippen LogP contribution in [0.2, 0.25) is 0 Å². The average molecular weight is 302 g/mol. The number of rotatable bonds is 5. The molecule has 0 amide bonds. The Balaban J connectivity index is 0.00000162. The molecule has 0 aliphatic carbocycles. The molecular weight excluding hydrogens is 281 g/mol. The van der Waals surface area contributed by atoms with Crippen LogP contribution in [0.1, 0.15) is 19.4 Å². The van der Waals surface area contributed by atoms with Crippen LogP contribution in [-0.4, -0.2) is 27.5 Å². The van der Waals surface area contributed by atoms with Gasteiger partial charge in [0, 0.05) is 24.6 Å². The Morgan fingerprint density at radius 2 is 1.68 bits per heavy atom. The molecule has 0 saturated carbocycles. The highest BCUT2D eigenvalue weighted by atomic mass is 35.5. The molecule has 0 aliphatic rings. The fourth-order valence-corrected chi connectivity index (χ4v) is 1.89. The maximum atomic E-state index is 4.05. The quantitative estimate of drug-likeness (QED) is 0.842. The van der Waals surface area contributed by atoms with Gasteiger partial charge in [-0.25, -0.2) is 4.98 Å². The molecule has 3 nitrogen and oxygen atoms in total. The molecule has 0 N–H and O–H groups in total. The minimum atomic E-state index is 0. The molecule has 5 heteroatoms. The van der Waals surface area contributed by atoms with Crippen molar-refractivity contribution in [2.75, 3.05) is 13.1 Å². The highest BCUT2D eigenvalue weighted by molar-refractivity contribution is 5.85. The van der Waals surface area contributed by atoms with Crippen molar-refractivity contribution in [1.29, 1.82) is 0 Å². The molecule has 0 bridgehead atoms. The maximum Gasteiger partial charge on any atom is 0.0991 e. The van der Waals surface area contributed by atoms with Crippen molar-refractivity contribution < 1.29 is 0 Å². The number of benzene rings is 1. The minimum Gasteiger partial charge on any atom is -0.306 e. The summed E-state index contributed by atoms with van der Waals surface area (Å²) in [6, 6.07) is 8.66. The summed E-state index contributed by atoms with van der Waals surface area (Å²) < 4.78 is 2.02. The Labute approximate surface area is 127 Å². The Bertz CT molecular complexity index is 436. The molecule has 19 heavy (non-hydrogen) atoms. The van der Waals surface area contributed by atoms with E-state index in [0.29, 0.717) is 0 Å². The molecule has 0 atom stereocenters. The first-order valence-corrected chi connectivity index (χ1v) is 6.13. The lowest BCUT2D eigenvalue weighted by molar-refractivity contribution is 0.296. The van der Waals surface area contributed by atoms with E-state index >= 15 is 0 Å². The van der Waals surface area contributed by atoms with Gasteiger partial charge >= 0.3 is 0 Å². The first kappa shape index (κ1) is 18.0. The second-order valence-electron chi connectivity index (χ2n) is 4.10. The number of aromatic nitrogens is 2. The molecule has 0 fully saturated rings. The summed E-state index contributed by atoms with van der Waals surface area (Å²) in [5.41, 5.74) is 2.52. The van der Waals surface area contributed by atoms with E-state index in [1.54, 1.807) is 6.20 Å². The van der Waals surface area contributed by atoms with Gasteiger partial charge in [-0.05, 0) is 30.8 Å². The highest BCUT2D eigenvalue weighted by Gasteiger charge is 2.01. The number of nitrogens with zero attached hydrogens (tertiary/aromatic N) is 3. The molecule has 1 heterocycles. The molecule has 1 aromatic carbocycles. The summed E-state index contributed by atoms with van der Waals surface area (Å²) in [5, 5.41) is 0. The van der Waals surface area contributed by atoms with E-state index in [2.05, 4.69) is 48.0 Å². The van der Waals surface area contributed by atoms with Gasteiger partial charge in [-0.1, -0.05) is 26.0 Å². The van der Waals surface area contributed by atoms with Crippen molar-refractivity contribution in [3.05, 3.63) is 48.5 Å². The van der Waals surface area contributed by atoms with Gasteiger partial charge in [0.2, 0.25) is 0 Å². The number of hydrogen-bond donors (Lipinski definition) is 0. The second kappa shape index (κ2) is 8.97. The molecule has 2 aromatic rings. The van der Waals surface area contributed by atoms with Crippen LogP contribution >= 0.6 is 24.8 Å². The minimum absolute atomic E-state index is 0. The largest absolute Gasteiger partial charge is 0.306 e. The molecule has 106 valence electrons. The zero-order chi connectivity index (χ0) is 12.1. The third kappa shape index (κ3) is 4.86. The van der Waals surface area contributed by atoms with Gasteiger partial charge in [-0.2, -0.15) is 0 Å². The van der Waals surface area contributed by atoms with Crippen LogP contribution in [-0.2, 0) is 6.54 Å². The molecule has 0 aliphatic heterocycles. The molecule has 0 saturated heterocycles. The molecule has 2 rings (SSSR count). The predicted octanol–water partition coefficient (Wildman–Crippen LogP) is 3.56. The van der Waals surface area contributed by atoms with Gasteiger partial charge in [0.25, 0.3) is 0 Å². The second-order valence-corrected chi connectivity index (χ2v) is 4.10.